The van der Waals surface area contributed by atoms with Gasteiger partial charge < -0.3 is 9.47 Å². The van der Waals surface area contributed by atoms with Crippen molar-refractivity contribution in [1.29, 1.82) is 0 Å². The number of carbonyl (C=O) groups is 3. The van der Waals surface area contributed by atoms with Crippen molar-refractivity contribution in [2.75, 3.05) is 0 Å². The van der Waals surface area contributed by atoms with Crippen molar-refractivity contribution in [1.82, 2.24) is 4.90 Å². The SMILES string of the molecule is CC(C)(C)OC(=O)N1C(=O)[C@H](CC2CCCC2)[C@H]1C(=O)OCc1ccccc1. The smallest absolute Gasteiger partial charge is 0.417 e. The molecule has 0 aromatic heterocycles. The molecule has 1 saturated carbocycles. The number of ether oxygens (including phenoxy) is 2. The van der Waals surface area contributed by atoms with Crippen molar-refractivity contribution in [2.45, 2.75) is 71.1 Å². The Bertz CT molecular complexity index is 718. The molecule has 1 aromatic rings. The fourth-order valence-corrected chi connectivity index (χ4v) is 3.98. The van der Waals surface area contributed by atoms with Crippen LogP contribution in [0.1, 0.15) is 58.4 Å². The molecule has 2 atom stereocenters. The molecule has 1 aliphatic carbocycles. The molecule has 2 aliphatic rings. The summed E-state index contributed by atoms with van der Waals surface area (Å²) in [5.41, 5.74) is 0.115. The third-order valence-corrected chi connectivity index (χ3v) is 5.33. The lowest BCUT2D eigenvalue weighted by molar-refractivity contribution is -0.174. The van der Waals surface area contributed by atoms with E-state index in [9.17, 15) is 14.4 Å². The number of likely N-dealkylation sites (tertiary alicyclic amines) is 1. The average molecular weight is 387 g/mol. The molecule has 28 heavy (non-hydrogen) atoms. The molecule has 1 saturated heterocycles. The van der Waals surface area contributed by atoms with Crippen LogP contribution >= 0.6 is 0 Å². The summed E-state index contributed by atoms with van der Waals surface area (Å²) in [4.78, 5) is 38.9. The first-order valence-corrected chi connectivity index (χ1v) is 10.0. The quantitative estimate of drug-likeness (QED) is 0.562. The zero-order valence-electron chi connectivity index (χ0n) is 16.8. The fourth-order valence-electron chi connectivity index (χ4n) is 3.98. The third-order valence-electron chi connectivity index (χ3n) is 5.33. The van der Waals surface area contributed by atoms with E-state index in [0.717, 1.165) is 36.1 Å². The summed E-state index contributed by atoms with van der Waals surface area (Å²) in [7, 11) is 0. The Hall–Kier alpha value is -2.37. The van der Waals surface area contributed by atoms with Crippen molar-refractivity contribution in [3.05, 3.63) is 35.9 Å². The molecule has 2 amide bonds. The summed E-state index contributed by atoms with van der Waals surface area (Å²) in [6, 6.07) is 8.45. The summed E-state index contributed by atoms with van der Waals surface area (Å²) >= 11 is 0. The van der Waals surface area contributed by atoms with Crippen molar-refractivity contribution < 1.29 is 23.9 Å². The lowest BCUT2D eigenvalue weighted by Gasteiger charge is -2.44. The van der Waals surface area contributed by atoms with Gasteiger partial charge in [0, 0.05) is 0 Å². The summed E-state index contributed by atoms with van der Waals surface area (Å²) < 4.78 is 10.8. The first kappa shape index (κ1) is 20.4. The van der Waals surface area contributed by atoms with Gasteiger partial charge >= 0.3 is 12.1 Å². The van der Waals surface area contributed by atoms with E-state index < -0.39 is 29.6 Å². The number of nitrogens with zero attached hydrogens (tertiary/aromatic N) is 1. The van der Waals surface area contributed by atoms with Crippen LogP contribution in [0.2, 0.25) is 0 Å². The maximum absolute atomic E-state index is 12.8. The summed E-state index contributed by atoms with van der Waals surface area (Å²) in [5, 5.41) is 0. The van der Waals surface area contributed by atoms with Crippen LogP contribution in [-0.4, -0.2) is 34.5 Å². The Morgan fingerprint density at radius 3 is 2.36 bits per heavy atom. The van der Waals surface area contributed by atoms with E-state index in [2.05, 4.69) is 0 Å². The van der Waals surface area contributed by atoms with Crippen LogP contribution in [0.25, 0.3) is 0 Å². The van der Waals surface area contributed by atoms with Crippen LogP contribution in [0.15, 0.2) is 30.3 Å². The van der Waals surface area contributed by atoms with Gasteiger partial charge in [0.1, 0.15) is 12.2 Å². The molecule has 0 radical (unpaired) electrons. The van der Waals surface area contributed by atoms with Crippen LogP contribution in [0.3, 0.4) is 0 Å². The maximum atomic E-state index is 12.8. The van der Waals surface area contributed by atoms with Crippen molar-refractivity contribution in [3.63, 3.8) is 0 Å². The number of imide groups is 1. The monoisotopic (exact) mass is 387 g/mol. The topological polar surface area (TPSA) is 72.9 Å². The standard InChI is InChI=1S/C22H29NO5/c1-22(2,3)28-21(26)23-18(17(19(23)24)13-15-9-7-8-10-15)20(25)27-14-16-11-5-4-6-12-16/h4-6,11-12,15,17-18H,7-10,13-14H2,1-3H3/t17-,18+/m1/s1. The number of hydrogen-bond acceptors (Lipinski definition) is 5. The molecule has 6 nitrogen and oxygen atoms in total. The van der Waals surface area contributed by atoms with Gasteiger partial charge in [-0.2, -0.15) is 0 Å². The van der Waals surface area contributed by atoms with Gasteiger partial charge in [0.25, 0.3) is 0 Å². The Balaban J connectivity index is 1.70. The number of rotatable bonds is 5. The minimum Gasteiger partial charge on any atom is -0.459 e. The summed E-state index contributed by atoms with van der Waals surface area (Å²) in [6.45, 7) is 5.30. The largest absolute Gasteiger partial charge is 0.459 e. The molecule has 152 valence electrons. The number of hydrogen-bond donors (Lipinski definition) is 0. The first-order chi connectivity index (χ1) is 13.3. The highest BCUT2D eigenvalue weighted by Gasteiger charge is 2.57. The van der Waals surface area contributed by atoms with Gasteiger partial charge in [-0.15, -0.1) is 0 Å². The Morgan fingerprint density at radius 2 is 1.75 bits per heavy atom. The highest BCUT2D eigenvalue weighted by molar-refractivity contribution is 6.06. The second-order valence-electron chi connectivity index (χ2n) is 8.72. The minimum atomic E-state index is -0.897. The van der Waals surface area contributed by atoms with Gasteiger partial charge in [-0.1, -0.05) is 56.0 Å². The molecule has 6 heteroatoms. The predicted molar refractivity (Wildman–Crippen MR) is 103 cm³/mol. The zero-order valence-corrected chi connectivity index (χ0v) is 16.8. The molecule has 1 aromatic carbocycles. The highest BCUT2D eigenvalue weighted by atomic mass is 16.6. The van der Waals surface area contributed by atoms with E-state index in [1.807, 2.05) is 30.3 Å². The van der Waals surface area contributed by atoms with E-state index in [-0.39, 0.29) is 12.5 Å². The summed E-state index contributed by atoms with van der Waals surface area (Å²) in [6.07, 6.45) is 4.31. The van der Waals surface area contributed by atoms with Crippen LogP contribution < -0.4 is 0 Å². The third kappa shape index (κ3) is 4.72. The van der Waals surface area contributed by atoms with E-state index in [0.29, 0.717) is 12.3 Å². The summed E-state index contributed by atoms with van der Waals surface area (Å²) in [5.74, 6) is -0.946. The van der Waals surface area contributed by atoms with E-state index in [4.69, 9.17) is 9.47 Å². The Kier molecular flexibility index (Phi) is 6.06. The highest BCUT2D eigenvalue weighted by Crippen LogP contribution is 2.39. The molecular formula is C22H29NO5. The van der Waals surface area contributed by atoms with Gasteiger partial charge in [-0.3, -0.25) is 4.79 Å². The number of β-lactam (4-membered cyclic amide) rings is 1. The lowest BCUT2D eigenvalue weighted by atomic mass is 9.80. The van der Waals surface area contributed by atoms with Gasteiger partial charge in [0.15, 0.2) is 6.04 Å². The normalized spacial score (nSPS) is 22.7. The average Bonchev–Trinajstić information content (AvgIpc) is 3.14. The molecule has 3 rings (SSSR count). The molecule has 0 bridgehead atoms. The van der Waals surface area contributed by atoms with Crippen LogP contribution in [0.5, 0.6) is 0 Å². The lowest BCUT2D eigenvalue weighted by Crippen LogP contribution is -2.67. The molecule has 2 fully saturated rings. The number of esters is 1. The molecule has 0 spiro atoms. The molecule has 1 heterocycles. The molecule has 1 aliphatic heterocycles. The second kappa shape index (κ2) is 8.33. The minimum absolute atomic E-state index is 0.114. The zero-order chi connectivity index (χ0) is 20.3. The Morgan fingerprint density at radius 1 is 1.11 bits per heavy atom. The van der Waals surface area contributed by atoms with E-state index in [1.54, 1.807) is 20.8 Å². The van der Waals surface area contributed by atoms with Gasteiger partial charge in [0.05, 0.1) is 5.92 Å². The van der Waals surface area contributed by atoms with Crippen molar-refractivity contribution in [3.8, 4) is 0 Å². The van der Waals surface area contributed by atoms with Gasteiger partial charge in [-0.25, -0.2) is 14.5 Å². The van der Waals surface area contributed by atoms with Crippen LogP contribution in [0, 0.1) is 11.8 Å². The predicted octanol–water partition coefficient (Wildman–Crippen LogP) is 4.07. The second-order valence-corrected chi connectivity index (χ2v) is 8.72. The van der Waals surface area contributed by atoms with Gasteiger partial charge in [0.2, 0.25) is 5.91 Å². The van der Waals surface area contributed by atoms with Crippen LogP contribution in [-0.2, 0) is 25.7 Å². The fraction of sp³-hybridized carbons (Fsp3) is 0.591. The first-order valence-electron chi connectivity index (χ1n) is 10.0. The van der Waals surface area contributed by atoms with E-state index >= 15 is 0 Å². The van der Waals surface area contributed by atoms with Gasteiger partial charge in [-0.05, 0) is 38.7 Å². The molecular weight excluding hydrogens is 358 g/mol. The molecule has 0 N–H and O–H groups in total. The Labute approximate surface area is 166 Å². The number of benzene rings is 1. The number of amides is 2. The number of carbonyl (C=O) groups excluding carboxylic acids is 3. The van der Waals surface area contributed by atoms with E-state index in [1.165, 1.54) is 0 Å². The van der Waals surface area contributed by atoms with Crippen molar-refractivity contribution in [2.24, 2.45) is 11.8 Å². The maximum Gasteiger partial charge on any atom is 0.417 e. The van der Waals surface area contributed by atoms with Crippen LogP contribution in [0.4, 0.5) is 4.79 Å². The van der Waals surface area contributed by atoms with Crippen molar-refractivity contribution >= 4 is 18.0 Å². The molecule has 0 unspecified atom stereocenters.